The van der Waals surface area contributed by atoms with Gasteiger partial charge in [0.1, 0.15) is 23.9 Å². The molecule has 0 unspecified atom stereocenters. The van der Waals surface area contributed by atoms with Gasteiger partial charge in [-0.25, -0.2) is 4.79 Å². The molecule has 0 spiro atoms. The van der Waals surface area contributed by atoms with Crippen molar-refractivity contribution >= 4 is 20.1 Å². The minimum atomic E-state index is -2.41. The van der Waals surface area contributed by atoms with E-state index in [1.807, 2.05) is 36.4 Å². The van der Waals surface area contributed by atoms with Crippen LogP contribution in [0.3, 0.4) is 0 Å². The SMILES string of the molecule is CCc1ccc(Oc2ccc([C@@H]3[C@@H](OCc4ccc5c(c4)N(CCCOC)CCO5)CN(C(=O)O)C[C@H]3O[Si](C(C)C)(C(C)C)C(C)C)cc2)cc1. The van der Waals surface area contributed by atoms with E-state index in [0.717, 1.165) is 60.0 Å². The number of methoxy groups -OCH3 is 1. The summed E-state index contributed by atoms with van der Waals surface area (Å²) in [6, 6.07) is 22.6. The molecule has 0 aliphatic carbocycles. The van der Waals surface area contributed by atoms with Crippen LogP contribution in [0.15, 0.2) is 66.7 Å². The van der Waals surface area contributed by atoms with Crippen molar-refractivity contribution in [3.63, 3.8) is 0 Å². The molecule has 1 fully saturated rings. The van der Waals surface area contributed by atoms with Crippen LogP contribution in [0.25, 0.3) is 0 Å². The topological polar surface area (TPSA) is 89.9 Å². The number of rotatable bonds is 16. The summed E-state index contributed by atoms with van der Waals surface area (Å²) in [5, 5.41) is 10.4. The van der Waals surface area contributed by atoms with Crippen molar-refractivity contribution in [3.05, 3.63) is 83.4 Å². The van der Waals surface area contributed by atoms with Crippen molar-refractivity contribution in [1.29, 1.82) is 0 Å². The summed E-state index contributed by atoms with van der Waals surface area (Å²) in [6.07, 6.45) is 0.129. The van der Waals surface area contributed by atoms with E-state index < -0.39 is 20.5 Å². The zero-order chi connectivity index (χ0) is 37.4. The highest BCUT2D eigenvalue weighted by Gasteiger charge is 2.51. The number of likely N-dealkylation sites (tertiary alicyclic amines) is 1. The maximum Gasteiger partial charge on any atom is 0.407 e. The number of aryl methyl sites for hydroxylation is 1. The number of amides is 1. The number of hydrogen-bond acceptors (Lipinski definition) is 7. The van der Waals surface area contributed by atoms with Crippen molar-refractivity contribution in [2.24, 2.45) is 0 Å². The number of anilines is 1. The first-order valence-electron chi connectivity index (χ1n) is 19.1. The van der Waals surface area contributed by atoms with Gasteiger partial charge in [-0.15, -0.1) is 0 Å². The quantitative estimate of drug-likeness (QED) is 0.115. The van der Waals surface area contributed by atoms with Gasteiger partial charge in [0, 0.05) is 32.7 Å². The summed E-state index contributed by atoms with van der Waals surface area (Å²) in [5.41, 5.74) is 5.40. The fraction of sp³-hybridized carbons (Fsp3) is 0.548. The summed E-state index contributed by atoms with van der Waals surface area (Å²) in [5.74, 6) is 2.21. The van der Waals surface area contributed by atoms with Crippen LogP contribution in [0.1, 0.15) is 77.5 Å². The first-order chi connectivity index (χ1) is 25.0. The lowest BCUT2D eigenvalue weighted by atomic mass is 9.84. The molecule has 9 nitrogen and oxygen atoms in total. The summed E-state index contributed by atoms with van der Waals surface area (Å²) < 4.78 is 31.8. The third kappa shape index (κ3) is 9.13. The van der Waals surface area contributed by atoms with Crippen LogP contribution in [-0.4, -0.2) is 83.1 Å². The fourth-order valence-electron chi connectivity index (χ4n) is 8.43. The van der Waals surface area contributed by atoms with E-state index in [0.29, 0.717) is 36.4 Å². The van der Waals surface area contributed by atoms with Gasteiger partial charge in [0.2, 0.25) is 8.32 Å². The second-order valence-corrected chi connectivity index (χ2v) is 20.6. The zero-order valence-electron chi connectivity index (χ0n) is 32.5. The summed E-state index contributed by atoms with van der Waals surface area (Å²) in [4.78, 5) is 16.5. The predicted octanol–water partition coefficient (Wildman–Crippen LogP) is 9.50. The Morgan fingerprint density at radius 1 is 0.885 bits per heavy atom. The number of hydrogen-bond donors (Lipinski definition) is 1. The highest BCUT2D eigenvalue weighted by molar-refractivity contribution is 6.77. The Kier molecular flexibility index (Phi) is 13.7. The third-order valence-electron chi connectivity index (χ3n) is 11.0. The van der Waals surface area contributed by atoms with Crippen molar-refractivity contribution < 1.29 is 33.3 Å². The number of fused-ring (bicyclic) bond motifs is 1. The summed E-state index contributed by atoms with van der Waals surface area (Å²) in [6.45, 7) is 19.7. The molecule has 0 radical (unpaired) electrons. The minimum Gasteiger partial charge on any atom is -0.490 e. The maximum absolute atomic E-state index is 12.7. The standard InChI is InChI=1S/C42H60N2O7Si/c1-9-32-11-16-35(17-12-32)50-36-18-14-34(15-19-36)41-39(26-44(42(45)46)27-40(41)51-52(29(2)3,30(4)5)31(6)7)49-28-33-13-20-38-37(25-33)43(22-24-48-38)21-10-23-47-8/h11-20,25,29-31,39-41H,9-10,21-24,26-28H2,1-8H3,(H,45,46)/t39-,40+,41+/m0/s1. The largest absolute Gasteiger partial charge is 0.490 e. The van der Waals surface area contributed by atoms with Gasteiger partial charge in [-0.2, -0.15) is 0 Å². The van der Waals surface area contributed by atoms with Crippen molar-refractivity contribution in [1.82, 2.24) is 4.90 Å². The highest BCUT2D eigenvalue weighted by Crippen LogP contribution is 2.46. The van der Waals surface area contributed by atoms with Gasteiger partial charge >= 0.3 is 6.09 Å². The van der Waals surface area contributed by atoms with Crippen LogP contribution in [0, 0.1) is 0 Å². The van der Waals surface area contributed by atoms with Gasteiger partial charge in [-0.1, -0.05) is 78.8 Å². The predicted molar refractivity (Wildman–Crippen MR) is 210 cm³/mol. The molecule has 0 saturated carbocycles. The number of carbonyl (C=O) groups is 1. The van der Waals surface area contributed by atoms with E-state index in [1.54, 1.807) is 7.11 Å². The molecule has 1 saturated heterocycles. The molecule has 3 atom stereocenters. The number of carboxylic acid groups (broad SMARTS) is 1. The van der Waals surface area contributed by atoms with E-state index in [4.69, 9.17) is 23.4 Å². The second kappa shape index (κ2) is 18.0. The van der Waals surface area contributed by atoms with Gasteiger partial charge < -0.3 is 38.3 Å². The van der Waals surface area contributed by atoms with Gasteiger partial charge in [0.25, 0.3) is 0 Å². The lowest BCUT2D eigenvalue weighted by Crippen LogP contribution is -2.59. The Labute approximate surface area is 312 Å². The molecule has 2 aliphatic rings. The molecule has 5 rings (SSSR count). The molecule has 1 N–H and O–H groups in total. The molecule has 3 aromatic rings. The number of piperidine rings is 1. The Bertz CT molecular complexity index is 1560. The van der Waals surface area contributed by atoms with E-state index >= 15 is 0 Å². The molecular weight excluding hydrogens is 673 g/mol. The molecule has 0 bridgehead atoms. The average molecular weight is 733 g/mol. The summed E-state index contributed by atoms with van der Waals surface area (Å²) in [7, 11) is -0.677. The van der Waals surface area contributed by atoms with E-state index in [1.165, 1.54) is 10.5 Å². The second-order valence-electron chi connectivity index (χ2n) is 15.2. The van der Waals surface area contributed by atoms with Gasteiger partial charge in [-0.3, -0.25) is 0 Å². The van der Waals surface area contributed by atoms with E-state index in [-0.39, 0.29) is 25.1 Å². The molecule has 284 valence electrons. The van der Waals surface area contributed by atoms with Crippen molar-refractivity contribution in [2.75, 3.05) is 51.4 Å². The first-order valence-corrected chi connectivity index (χ1v) is 21.2. The Balaban J connectivity index is 1.47. The molecule has 0 aromatic heterocycles. The number of nitrogens with zero attached hydrogens (tertiary/aromatic N) is 2. The average Bonchev–Trinajstić information content (AvgIpc) is 3.13. The van der Waals surface area contributed by atoms with Gasteiger partial charge in [0.15, 0.2) is 0 Å². The third-order valence-corrected chi connectivity index (χ3v) is 17.1. The molecule has 10 heteroatoms. The first kappa shape index (κ1) is 39.6. The van der Waals surface area contributed by atoms with E-state index in [9.17, 15) is 9.90 Å². The summed E-state index contributed by atoms with van der Waals surface area (Å²) >= 11 is 0. The normalized spacial score (nSPS) is 19.2. The van der Waals surface area contributed by atoms with Crippen LogP contribution in [0.4, 0.5) is 10.5 Å². The number of benzene rings is 3. The van der Waals surface area contributed by atoms with Gasteiger partial charge in [-0.05, 0) is 82.6 Å². The van der Waals surface area contributed by atoms with E-state index in [2.05, 4.69) is 83.7 Å². The molecule has 2 heterocycles. The van der Waals surface area contributed by atoms with Crippen LogP contribution in [0.2, 0.25) is 16.6 Å². The molecule has 2 aliphatic heterocycles. The molecule has 1 amide bonds. The Morgan fingerprint density at radius 2 is 1.50 bits per heavy atom. The Hall–Kier alpha value is -3.57. The molecular formula is C42H60N2O7Si. The van der Waals surface area contributed by atoms with Crippen LogP contribution in [-0.2, 0) is 26.9 Å². The van der Waals surface area contributed by atoms with Gasteiger partial charge in [0.05, 0.1) is 37.6 Å². The smallest absolute Gasteiger partial charge is 0.407 e. The van der Waals surface area contributed by atoms with Crippen LogP contribution < -0.4 is 14.4 Å². The van der Waals surface area contributed by atoms with Crippen LogP contribution >= 0.6 is 0 Å². The molecule has 3 aromatic carbocycles. The minimum absolute atomic E-state index is 0.192. The highest BCUT2D eigenvalue weighted by atomic mass is 28.4. The van der Waals surface area contributed by atoms with Crippen LogP contribution in [0.5, 0.6) is 17.2 Å². The number of ether oxygens (including phenoxy) is 4. The zero-order valence-corrected chi connectivity index (χ0v) is 33.5. The maximum atomic E-state index is 12.7. The van der Waals surface area contributed by atoms with Crippen molar-refractivity contribution in [2.45, 2.75) is 103 Å². The monoisotopic (exact) mass is 732 g/mol. The Morgan fingerprint density at radius 3 is 2.10 bits per heavy atom. The lowest BCUT2D eigenvalue weighted by Gasteiger charge is -2.50. The lowest BCUT2D eigenvalue weighted by molar-refractivity contribution is -0.0630. The molecule has 52 heavy (non-hydrogen) atoms. The van der Waals surface area contributed by atoms with Crippen molar-refractivity contribution in [3.8, 4) is 17.2 Å². The fourth-order valence-corrected chi connectivity index (χ4v) is 14.0.